The lowest BCUT2D eigenvalue weighted by molar-refractivity contribution is 0.521. The fourth-order valence-corrected chi connectivity index (χ4v) is 2.94. The van der Waals surface area contributed by atoms with E-state index < -0.39 is 0 Å². The maximum atomic E-state index is 13.0. The summed E-state index contributed by atoms with van der Waals surface area (Å²) >= 11 is 12.5. The van der Waals surface area contributed by atoms with Gasteiger partial charge in [-0.25, -0.2) is 4.39 Å². The molecule has 0 amide bonds. The molecule has 0 spiro atoms. The first-order valence-corrected chi connectivity index (χ1v) is 7.76. The van der Waals surface area contributed by atoms with Crippen LogP contribution in [0.1, 0.15) is 18.1 Å². The second-order valence-electron chi connectivity index (χ2n) is 4.99. The molecule has 0 saturated heterocycles. The molecule has 0 bridgehead atoms. The second kappa shape index (κ2) is 7.79. The predicted molar refractivity (Wildman–Crippen MR) is 87.7 cm³/mol. The minimum Gasteiger partial charge on any atom is -0.314 e. The molecule has 0 saturated carbocycles. The molecule has 1 unspecified atom stereocenters. The van der Waals surface area contributed by atoms with Crippen molar-refractivity contribution in [2.45, 2.75) is 25.8 Å². The third-order valence-corrected chi connectivity index (χ3v) is 4.11. The highest BCUT2D eigenvalue weighted by atomic mass is 35.5. The lowest BCUT2D eigenvalue weighted by Gasteiger charge is -2.19. The third kappa shape index (κ3) is 4.70. The lowest BCUT2D eigenvalue weighted by atomic mass is 9.98. The molecule has 0 aliphatic rings. The summed E-state index contributed by atoms with van der Waals surface area (Å²) < 4.78 is 13.0. The number of hydrogen-bond acceptors (Lipinski definition) is 1. The summed E-state index contributed by atoms with van der Waals surface area (Å²) in [5, 5.41) is 4.81. The van der Waals surface area contributed by atoms with Gasteiger partial charge in [-0.3, -0.25) is 0 Å². The quantitative estimate of drug-likeness (QED) is 0.796. The number of rotatable bonds is 6. The standard InChI is InChI=1S/C17H18Cl2FN/c1-2-21-14(10-12-6-8-13(20)9-7-12)11-15-16(18)4-3-5-17(15)19/h3-9,14,21H,2,10-11H2,1H3. The average molecular weight is 326 g/mol. The molecule has 1 nitrogen and oxygen atoms in total. The third-order valence-electron chi connectivity index (χ3n) is 3.40. The van der Waals surface area contributed by atoms with Crippen LogP contribution in [-0.4, -0.2) is 12.6 Å². The van der Waals surface area contributed by atoms with Crippen molar-refractivity contribution in [3.05, 3.63) is 69.5 Å². The van der Waals surface area contributed by atoms with Crippen LogP contribution in [0.4, 0.5) is 4.39 Å². The van der Waals surface area contributed by atoms with Gasteiger partial charge >= 0.3 is 0 Å². The molecule has 2 aromatic carbocycles. The highest BCUT2D eigenvalue weighted by Gasteiger charge is 2.14. The van der Waals surface area contributed by atoms with Crippen LogP contribution in [0, 0.1) is 5.82 Å². The summed E-state index contributed by atoms with van der Waals surface area (Å²) in [7, 11) is 0. The summed E-state index contributed by atoms with van der Waals surface area (Å²) in [6, 6.07) is 12.4. The Morgan fingerprint density at radius 3 is 2.19 bits per heavy atom. The molecule has 0 heterocycles. The van der Waals surface area contributed by atoms with Gasteiger partial charge in [-0.1, -0.05) is 48.3 Å². The first-order chi connectivity index (χ1) is 10.1. The maximum Gasteiger partial charge on any atom is 0.123 e. The molecule has 1 N–H and O–H groups in total. The van der Waals surface area contributed by atoms with Gasteiger partial charge in [0.25, 0.3) is 0 Å². The predicted octanol–water partition coefficient (Wildman–Crippen LogP) is 4.90. The fourth-order valence-electron chi connectivity index (χ4n) is 2.38. The molecular weight excluding hydrogens is 308 g/mol. The molecule has 2 rings (SSSR count). The summed E-state index contributed by atoms with van der Waals surface area (Å²) in [5.74, 6) is -0.215. The maximum absolute atomic E-state index is 13.0. The van der Waals surface area contributed by atoms with E-state index in [0.717, 1.165) is 30.5 Å². The van der Waals surface area contributed by atoms with Crippen molar-refractivity contribution < 1.29 is 4.39 Å². The van der Waals surface area contributed by atoms with Gasteiger partial charge < -0.3 is 5.32 Å². The van der Waals surface area contributed by atoms with E-state index in [0.29, 0.717) is 10.0 Å². The number of halogens is 3. The lowest BCUT2D eigenvalue weighted by Crippen LogP contribution is -2.33. The van der Waals surface area contributed by atoms with Crippen molar-refractivity contribution in [3.63, 3.8) is 0 Å². The van der Waals surface area contributed by atoms with E-state index in [1.807, 2.05) is 30.3 Å². The molecule has 2 aromatic rings. The van der Waals surface area contributed by atoms with E-state index in [2.05, 4.69) is 12.2 Å². The van der Waals surface area contributed by atoms with E-state index in [1.54, 1.807) is 0 Å². The SMILES string of the molecule is CCNC(Cc1ccc(F)cc1)Cc1c(Cl)cccc1Cl. The first kappa shape index (κ1) is 16.3. The Morgan fingerprint density at radius 2 is 1.62 bits per heavy atom. The highest BCUT2D eigenvalue weighted by Crippen LogP contribution is 2.26. The summed E-state index contributed by atoms with van der Waals surface area (Å²) in [4.78, 5) is 0. The van der Waals surface area contributed by atoms with Gasteiger partial charge in [-0.15, -0.1) is 0 Å². The summed E-state index contributed by atoms with van der Waals surface area (Å²) in [6.45, 7) is 2.92. The Hall–Kier alpha value is -1.09. The van der Waals surface area contributed by atoms with Crippen LogP contribution in [0.25, 0.3) is 0 Å². The Bertz CT molecular complexity index is 564. The number of nitrogens with one attached hydrogen (secondary N) is 1. The molecule has 4 heteroatoms. The largest absolute Gasteiger partial charge is 0.314 e. The van der Waals surface area contributed by atoms with Crippen LogP contribution in [0.5, 0.6) is 0 Å². The van der Waals surface area contributed by atoms with Crippen molar-refractivity contribution >= 4 is 23.2 Å². The monoisotopic (exact) mass is 325 g/mol. The Labute approximate surface area is 135 Å². The van der Waals surface area contributed by atoms with E-state index in [4.69, 9.17) is 23.2 Å². The van der Waals surface area contributed by atoms with Crippen molar-refractivity contribution in [2.75, 3.05) is 6.54 Å². The number of hydrogen-bond donors (Lipinski definition) is 1. The zero-order valence-corrected chi connectivity index (χ0v) is 13.4. The van der Waals surface area contributed by atoms with Crippen molar-refractivity contribution in [2.24, 2.45) is 0 Å². The number of likely N-dealkylation sites (N-methyl/N-ethyl adjacent to an activating group) is 1. The van der Waals surface area contributed by atoms with Gasteiger partial charge in [0.15, 0.2) is 0 Å². The van der Waals surface area contributed by atoms with Gasteiger partial charge in [0.1, 0.15) is 5.82 Å². The van der Waals surface area contributed by atoms with Crippen molar-refractivity contribution in [1.82, 2.24) is 5.32 Å². The van der Waals surface area contributed by atoms with E-state index in [9.17, 15) is 4.39 Å². The molecule has 0 fully saturated rings. The van der Waals surface area contributed by atoms with Gasteiger partial charge in [-0.05, 0) is 54.8 Å². The van der Waals surface area contributed by atoms with Crippen LogP contribution >= 0.6 is 23.2 Å². The summed E-state index contributed by atoms with van der Waals surface area (Å²) in [5.41, 5.74) is 2.04. The molecule has 0 aromatic heterocycles. The number of benzene rings is 2. The molecule has 0 radical (unpaired) electrons. The average Bonchev–Trinajstić information content (AvgIpc) is 2.45. The Balaban J connectivity index is 2.13. The smallest absolute Gasteiger partial charge is 0.123 e. The fraction of sp³-hybridized carbons (Fsp3) is 0.294. The van der Waals surface area contributed by atoms with E-state index in [-0.39, 0.29) is 11.9 Å². The minimum absolute atomic E-state index is 0.206. The van der Waals surface area contributed by atoms with Crippen LogP contribution in [0.3, 0.4) is 0 Å². The van der Waals surface area contributed by atoms with Crippen molar-refractivity contribution in [1.29, 1.82) is 0 Å². The van der Waals surface area contributed by atoms with Gasteiger partial charge in [0.05, 0.1) is 0 Å². The highest BCUT2D eigenvalue weighted by molar-refractivity contribution is 6.36. The molecule has 112 valence electrons. The Kier molecular flexibility index (Phi) is 6.04. The normalized spacial score (nSPS) is 12.4. The topological polar surface area (TPSA) is 12.0 Å². The molecule has 0 aliphatic heterocycles. The van der Waals surface area contributed by atoms with E-state index in [1.165, 1.54) is 12.1 Å². The summed E-state index contributed by atoms with van der Waals surface area (Å²) in [6.07, 6.45) is 1.54. The first-order valence-electron chi connectivity index (χ1n) is 7.01. The Morgan fingerprint density at radius 1 is 1.00 bits per heavy atom. The van der Waals surface area contributed by atoms with Crippen molar-refractivity contribution in [3.8, 4) is 0 Å². The molecule has 1 atom stereocenters. The van der Waals surface area contributed by atoms with Gasteiger partial charge in [0, 0.05) is 16.1 Å². The zero-order chi connectivity index (χ0) is 15.2. The molecule has 0 aliphatic carbocycles. The van der Waals surface area contributed by atoms with Gasteiger partial charge in [-0.2, -0.15) is 0 Å². The van der Waals surface area contributed by atoms with Crippen LogP contribution in [-0.2, 0) is 12.8 Å². The minimum atomic E-state index is -0.215. The molecule has 21 heavy (non-hydrogen) atoms. The second-order valence-corrected chi connectivity index (χ2v) is 5.80. The zero-order valence-electron chi connectivity index (χ0n) is 11.9. The van der Waals surface area contributed by atoms with Crippen LogP contribution in [0.2, 0.25) is 10.0 Å². The van der Waals surface area contributed by atoms with Crippen LogP contribution < -0.4 is 5.32 Å². The molecular formula is C17H18Cl2FN. The van der Waals surface area contributed by atoms with Gasteiger partial charge in [0.2, 0.25) is 0 Å². The van der Waals surface area contributed by atoms with E-state index >= 15 is 0 Å². The van der Waals surface area contributed by atoms with Crippen LogP contribution in [0.15, 0.2) is 42.5 Å².